The second kappa shape index (κ2) is 6.93. The molecule has 1 aromatic heterocycles. The molecule has 0 unspecified atom stereocenters. The van der Waals surface area contributed by atoms with Gasteiger partial charge in [-0.2, -0.15) is 5.10 Å². The van der Waals surface area contributed by atoms with Gasteiger partial charge >= 0.3 is 5.97 Å². The maximum absolute atomic E-state index is 11.0. The van der Waals surface area contributed by atoms with Gasteiger partial charge in [0.1, 0.15) is 0 Å². The lowest BCUT2D eigenvalue weighted by atomic mass is 10.0. The Hall–Kier alpha value is -2.88. The number of carboxylic acids is 1. The van der Waals surface area contributed by atoms with Crippen LogP contribution in [0.5, 0.6) is 0 Å². The summed E-state index contributed by atoms with van der Waals surface area (Å²) < 4.78 is 2.05. The number of carbonyl (C=O) groups is 1. The van der Waals surface area contributed by atoms with Crippen molar-refractivity contribution in [1.82, 2.24) is 9.78 Å². The number of carboxylic acid groups (broad SMARTS) is 1. The Kier molecular flexibility index (Phi) is 4.70. The molecule has 128 valence electrons. The van der Waals surface area contributed by atoms with Crippen LogP contribution < -0.4 is 0 Å². The van der Waals surface area contributed by atoms with Crippen molar-refractivity contribution in [3.05, 3.63) is 87.7 Å². The second-order valence-electron chi connectivity index (χ2n) is 6.41. The van der Waals surface area contributed by atoms with E-state index in [1.54, 1.807) is 12.1 Å². The summed E-state index contributed by atoms with van der Waals surface area (Å²) in [4.78, 5) is 11.0. The van der Waals surface area contributed by atoms with Gasteiger partial charge in [-0.15, -0.1) is 0 Å². The molecule has 0 spiro atoms. The van der Waals surface area contributed by atoms with Crippen LogP contribution in [0.4, 0.5) is 0 Å². The first-order valence-corrected chi connectivity index (χ1v) is 8.35. The van der Waals surface area contributed by atoms with Crippen molar-refractivity contribution >= 4 is 5.97 Å². The van der Waals surface area contributed by atoms with E-state index in [9.17, 15) is 4.79 Å². The van der Waals surface area contributed by atoms with Crippen molar-refractivity contribution in [3.63, 3.8) is 0 Å². The number of hydrogen-bond donors (Lipinski definition) is 1. The molecule has 2 aromatic carbocycles. The fraction of sp³-hybridized carbons (Fsp3) is 0.238. The van der Waals surface area contributed by atoms with E-state index in [2.05, 4.69) is 36.7 Å². The number of aryl methyl sites for hydroxylation is 2. The molecule has 0 saturated heterocycles. The number of benzene rings is 2. The lowest BCUT2D eigenvalue weighted by Gasteiger charge is -2.08. The summed E-state index contributed by atoms with van der Waals surface area (Å²) in [6.07, 6.45) is 0.755. The third-order valence-corrected chi connectivity index (χ3v) is 4.69. The molecule has 3 aromatic rings. The molecule has 25 heavy (non-hydrogen) atoms. The highest BCUT2D eigenvalue weighted by Crippen LogP contribution is 2.20. The zero-order chi connectivity index (χ0) is 18.0. The summed E-state index contributed by atoms with van der Waals surface area (Å²) in [6.45, 7) is 7.00. The molecule has 0 radical (unpaired) electrons. The molecule has 1 heterocycles. The van der Waals surface area contributed by atoms with Crippen molar-refractivity contribution < 1.29 is 9.90 Å². The second-order valence-corrected chi connectivity index (χ2v) is 6.41. The van der Waals surface area contributed by atoms with E-state index in [1.165, 1.54) is 16.7 Å². The number of rotatable bonds is 5. The molecular formula is C21H22N2O2. The average Bonchev–Trinajstić information content (AvgIpc) is 2.85. The van der Waals surface area contributed by atoms with Crippen LogP contribution in [0.2, 0.25) is 0 Å². The quantitative estimate of drug-likeness (QED) is 0.763. The van der Waals surface area contributed by atoms with Crippen LogP contribution in [0.1, 0.15) is 44.0 Å². The number of nitrogens with zero attached hydrogens (tertiary/aromatic N) is 2. The van der Waals surface area contributed by atoms with Crippen molar-refractivity contribution in [2.75, 3.05) is 0 Å². The number of aromatic carboxylic acids is 1. The molecule has 1 N–H and O–H groups in total. The minimum Gasteiger partial charge on any atom is -0.478 e. The maximum Gasteiger partial charge on any atom is 0.335 e. The molecule has 0 bridgehead atoms. The molecule has 0 aliphatic heterocycles. The topological polar surface area (TPSA) is 55.1 Å². The van der Waals surface area contributed by atoms with Crippen LogP contribution >= 0.6 is 0 Å². The zero-order valence-corrected chi connectivity index (χ0v) is 14.8. The SMILES string of the molecule is Cc1ccccc1Cn1nc(C)c(Cc2ccc(C(=O)O)cc2)c1C. The number of aromatic nitrogens is 2. The molecule has 0 aliphatic carbocycles. The summed E-state index contributed by atoms with van der Waals surface area (Å²) in [5.74, 6) is -0.898. The largest absolute Gasteiger partial charge is 0.478 e. The summed E-state index contributed by atoms with van der Waals surface area (Å²) in [5, 5.41) is 13.7. The van der Waals surface area contributed by atoms with E-state index < -0.39 is 5.97 Å². The highest BCUT2D eigenvalue weighted by Gasteiger charge is 2.13. The van der Waals surface area contributed by atoms with Gasteiger partial charge in [0.05, 0.1) is 17.8 Å². The summed E-state index contributed by atoms with van der Waals surface area (Å²) >= 11 is 0. The van der Waals surface area contributed by atoms with Gasteiger partial charge in [0, 0.05) is 17.7 Å². The zero-order valence-electron chi connectivity index (χ0n) is 14.8. The van der Waals surface area contributed by atoms with Crippen molar-refractivity contribution in [2.45, 2.75) is 33.7 Å². The van der Waals surface area contributed by atoms with Crippen molar-refractivity contribution in [1.29, 1.82) is 0 Å². The Morgan fingerprint density at radius 3 is 2.36 bits per heavy atom. The third kappa shape index (κ3) is 3.63. The summed E-state index contributed by atoms with van der Waals surface area (Å²) in [6, 6.07) is 15.4. The Balaban J connectivity index is 1.84. The third-order valence-electron chi connectivity index (χ3n) is 4.69. The molecule has 0 saturated carbocycles. The predicted molar refractivity (Wildman–Crippen MR) is 98.2 cm³/mol. The van der Waals surface area contributed by atoms with E-state index in [1.807, 2.05) is 25.1 Å². The molecular weight excluding hydrogens is 312 g/mol. The number of hydrogen-bond acceptors (Lipinski definition) is 2. The van der Waals surface area contributed by atoms with Gasteiger partial charge < -0.3 is 5.11 Å². The van der Waals surface area contributed by atoms with Gasteiger partial charge in [0.15, 0.2) is 0 Å². The van der Waals surface area contributed by atoms with Crippen LogP contribution in [-0.4, -0.2) is 20.9 Å². The Labute approximate surface area is 147 Å². The monoisotopic (exact) mass is 334 g/mol. The van der Waals surface area contributed by atoms with E-state index in [4.69, 9.17) is 10.2 Å². The first-order valence-electron chi connectivity index (χ1n) is 8.35. The van der Waals surface area contributed by atoms with Gasteiger partial charge in [0.25, 0.3) is 0 Å². The van der Waals surface area contributed by atoms with Crippen molar-refractivity contribution in [2.24, 2.45) is 0 Å². The maximum atomic E-state index is 11.0. The Morgan fingerprint density at radius 1 is 1.04 bits per heavy atom. The van der Waals surface area contributed by atoms with Crippen LogP contribution in [0, 0.1) is 20.8 Å². The normalized spacial score (nSPS) is 10.8. The average molecular weight is 334 g/mol. The minimum absolute atomic E-state index is 0.312. The Bertz CT molecular complexity index is 908. The fourth-order valence-electron chi connectivity index (χ4n) is 3.06. The molecule has 0 fully saturated rings. The first-order chi connectivity index (χ1) is 12.0. The van der Waals surface area contributed by atoms with E-state index in [-0.39, 0.29) is 0 Å². The van der Waals surface area contributed by atoms with Crippen molar-refractivity contribution in [3.8, 4) is 0 Å². The predicted octanol–water partition coefficient (Wildman–Crippen LogP) is 4.15. The molecule has 4 nitrogen and oxygen atoms in total. The van der Waals surface area contributed by atoms with Gasteiger partial charge in [-0.05, 0) is 49.6 Å². The standard InChI is InChI=1S/C21H22N2O2/c1-14-6-4-5-7-19(14)13-23-16(3)20(15(2)22-23)12-17-8-10-18(11-9-17)21(24)25/h4-11H,12-13H2,1-3H3,(H,24,25). The van der Waals surface area contributed by atoms with Crippen LogP contribution in [-0.2, 0) is 13.0 Å². The van der Waals surface area contributed by atoms with Gasteiger partial charge in [0.2, 0.25) is 0 Å². The lowest BCUT2D eigenvalue weighted by molar-refractivity contribution is 0.0697. The molecule has 0 aliphatic rings. The van der Waals surface area contributed by atoms with Crippen LogP contribution in [0.25, 0.3) is 0 Å². The molecule has 4 heteroatoms. The molecule has 3 rings (SSSR count). The Morgan fingerprint density at radius 2 is 1.72 bits per heavy atom. The van der Waals surface area contributed by atoms with E-state index in [0.717, 1.165) is 29.9 Å². The van der Waals surface area contributed by atoms with Gasteiger partial charge in [-0.1, -0.05) is 36.4 Å². The van der Waals surface area contributed by atoms with Crippen LogP contribution in [0.3, 0.4) is 0 Å². The molecule has 0 amide bonds. The van der Waals surface area contributed by atoms with E-state index in [0.29, 0.717) is 5.56 Å². The lowest BCUT2D eigenvalue weighted by Crippen LogP contribution is -2.05. The minimum atomic E-state index is -0.898. The van der Waals surface area contributed by atoms with Gasteiger partial charge in [-0.25, -0.2) is 4.79 Å². The van der Waals surface area contributed by atoms with Gasteiger partial charge in [-0.3, -0.25) is 4.68 Å². The highest BCUT2D eigenvalue weighted by atomic mass is 16.4. The highest BCUT2D eigenvalue weighted by molar-refractivity contribution is 5.87. The fourth-order valence-corrected chi connectivity index (χ4v) is 3.06. The smallest absolute Gasteiger partial charge is 0.335 e. The first kappa shape index (κ1) is 17.0. The summed E-state index contributed by atoms with van der Waals surface area (Å²) in [7, 11) is 0. The molecule has 0 atom stereocenters. The van der Waals surface area contributed by atoms with Crippen LogP contribution in [0.15, 0.2) is 48.5 Å². The summed E-state index contributed by atoms with van der Waals surface area (Å²) in [5.41, 5.74) is 7.32. The van der Waals surface area contributed by atoms with E-state index >= 15 is 0 Å².